The van der Waals surface area contributed by atoms with Crippen LogP contribution in [0.1, 0.15) is 30.1 Å². The van der Waals surface area contributed by atoms with E-state index in [4.69, 9.17) is 4.52 Å². The first-order valence-electron chi connectivity index (χ1n) is 6.83. The van der Waals surface area contributed by atoms with Crippen LogP contribution in [-0.2, 0) is 0 Å². The summed E-state index contributed by atoms with van der Waals surface area (Å²) < 4.78 is 5.19. The van der Waals surface area contributed by atoms with Gasteiger partial charge in [0.05, 0.1) is 6.04 Å². The summed E-state index contributed by atoms with van der Waals surface area (Å²) in [5, 5.41) is 9.36. The number of anilines is 1. The molecule has 0 amide bonds. The number of pyridine rings is 1. The molecule has 0 spiro atoms. The number of nitrogens with zero attached hydrogens (tertiary/aromatic N) is 3. The second-order valence-electron chi connectivity index (χ2n) is 4.70. The number of hydrogen-bond donors (Lipinski definition) is 1. The molecule has 3 rings (SSSR count). The van der Waals surface area contributed by atoms with Gasteiger partial charge < -0.3 is 9.84 Å². The molecule has 0 aliphatic carbocycles. The molecule has 0 aliphatic heterocycles. The van der Waals surface area contributed by atoms with Crippen LogP contribution in [0.25, 0.3) is 11.5 Å². The highest BCUT2D eigenvalue weighted by atomic mass is 32.1. The topological polar surface area (TPSA) is 63.8 Å². The van der Waals surface area contributed by atoms with Crippen LogP contribution >= 0.6 is 11.3 Å². The van der Waals surface area contributed by atoms with Gasteiger partial charge in [-0.2, -0.15) is 4.98 Å². The Labute approximate surface area is 127 Å². The van der Waals surface area contributed by atoms with Crippen LogP contribution in [-0.4, -0.2) is 15.1 Å². The van der Waals surface area contributed by atoms with Crippen molar-refractivity contribution in [2.24, 2.45) is 0 Å². The highest BCUT2D eigenvalue weighted by molar-refractivity contribution is 7.10. The molecule has 3 heterocycles. The molecule has 0 saturated carbocycles. The molecule has 108 valence electrons. The zero-order valence-electron chi connectivity index (χ0n) is 11.9. The van der Waals surface area contributed by atoms with Crippen molar-refractivity contribution in [2.75, 3.05) is 5.32 Å². The van der Waals surface area contributed by atoms with Gasteiger partial charge in [0.25, 0.3) is 5.89 Å². The molecule has 3 aromatic rings. The molecule has 1 unspecified atom stereocenters. The van der Waals surface area contributed by atoms with Crippen molar-refractivity contribution < 1.29 is 4.52 Å². The molecule has 21 heavy (non-hydrogen) atoms. The van der Waals surface area contributed by atoms with Crippen molar-refractivity contribution in [2.45, 2.75) is 26.3 Å². The summed E-state index contributed by atoms with van der Waals surface area (Å²) in [6, 6.07) is 8.26. The number of rotatable bonds is 5. The highest BCUT2D eigenvalue weighted by Gasteiger charge is 2.12. The van der Waals surface area contributed by atoms with Gasteiger partial charge in [0.2, 0.25) is 0 Å². The van der Waals surface area contributed by atoms with Crippen LogP contribution < -0.4 is 5.32 Å². The molecule has 6 heteroatoms. The van der Waals surface area contributed by atoms with E-state index >= 15 is 0 Å². The Bertz CT molecular complexity index is 708. The van der Waals surface area contributed by atoms with Crippen LogP contribution in [0.2, 0.25) is 0 Å². The van der Waals surface area contributed by atoms with Gasteiger partial charge >= 0.3 is 0 Å². The third kappa shape index (κ3) is 3.11. The molecule has 0 radical (unpaired) electrons. The third-order valence-electron chi connectivity index (χ3n) is 3.15. The Balaban J connectivity index is 1.83. The molecule has 0 aromatic carbocycles. The Kier molecular flexibility index (Phi) is 3.96. The number of nitrogens with one attached hydrogen (secondary N) is 1. The van der Waals surface area contributed by atoms with Crippen LogP contribution in [0, 0.1) is 6.92 Å². The van der Waals surface area contributed by atoms with Gasteiger partial charge in [-0.3, -0.25) is 0 Å². The number of thiophene rings is 1. The SMILES string of the molecule is CCC(Nc1cc(-c2nc(C)no2)ccn1)c1cccs1. The fourth-order valence-corrected chi connectivity index (χ4v) is 2.96. The normalized spacial score (nSPS) is 12.3. The second kappa shape index (κ2) is 6.05. The predicted molar refractivity (Wildman–Crippen MR) is 83.2 cm³/mol. The van der Waals surface area contributed by atoms with Gasteiger partial charge in [-0.1, -0.05) is 18.1 Å². The summed E-state index contributed by atoms with van der Waals surface area (Å²) in [5.41, 5.74) is 0.870. The minimum absolute atomic E-state index is 0.261. The molecule has 3 aromatic heterocycles. The molecule has 5 nitrogen and oxygen atoms in total. The molecule has 1 N–H and O–H groups in total. The lowest BCUT2D eigenvalue weighted by molar-refractivity contribution is 0.425. The maximum Gasteiger partial charge on any atom is 0.258 e. The minimum atomic E-state index is 0.261. The maximum atomic E-state index is 5.19. The Morgan fingerprint density at radius 3 is 2.95 bits per heavy atom. The first kappa shape index (κ1) is 13.8. The fraction of sp³-hybridized carbons (Fsp3) is 0.267. The molecule has 0 aliphatic rings. The van der Waals surface area contributed by atoms with Gasteiger partial charge in [-0.05, 0) is 36.9 Å². The summed E-state index contributed by atoms with van der Waals surface area (Å²) in [4.78, 5) is 9.92. The zero-order valence-corrected chi connectivity index (χ0v) is 12.7. The molecule has 0 saturated heterocycles. The van der Waals surface area contributed by atoms with Crippen molar-refractivity contribution >= 4 is 17.2 Å². The van der Waals surface area contributed by atoms with E-state index in [-0.39, 0.29) is 6.04 Å². The van der Waals surface area contributed by atoms with Crippen molar-refractivity contribution in [3.05, 3.63) is 46.5 Å². The minimum Gasteiger partial charge on any atom is -0.362 e. The van der Waals surface area contributed by atoms with Crippen molar-refractivity contribution in [3.8, 4) is 11.5 Å². The number of hydrogen-bond acceptors (Lipinski definition) is 6. The molecular formula is C15H16N4OS. The van der Waals surface area contributed by atoms with Crippen LogP contribution in [0.3, 0.4) is 0 Å². The smallest absolute Gasteiger partial charge is 0.258 e. The van der Waals surface area contributed by atoms with Crippen molar-refractivity contribution in [3.63, 3.8) is 0 Å². The molecular weight excluding hydrogens is 284 g/mol. The standard InChI is InChI=1S/C15H16N4OS/c1-3-12(13-5-4-8-21-13)18-14-9-11(6-7-16-14)15-17-10(2)19-20-15/h4-9,12H,3H2,1-2H3,(H,16,18). The van der Waals surface area contributed by atoms with Crippen LogP contribution in [0.5, 0.6) is 0 Å². The van der Waals surface area contributed by atoms with Crippen LogP contribution in [0.4, 0.5) is 5.82 Å². The van der Waals surface area contributed by atoms with E-state index in [1.54, 1.807) is 24.5 Å². The Morgan fingerprint density at radius 1 is 1.38 bits per heavy atom. The van der Waals surface area contributed by atoms with Crippen molar-refractivity contribution in [1.82, 2.24) is 15.1 Å². The summed E-state index contributed by atoms with van der Waals surface area (Å²) in [6.45, 7) is 3.96. The Hall–Kier alpha value is -2.21. The average Bonchev–Trinajstić information content (AvgIpc) is 3.16. The number of aromatic nitrogens is 3. The quantitative estimate of drug-likeness (QED) is 0.769. The number of aryl methyl sites for hydroxylation is 1. The van der Waals surface area contributed by atoms with E-state index in [1.807, 2.05) is 12.1 Å². The van der Waals surface area contributed by atoms with Gasteiger partial charge in [0.15, 0.2) is 5.82 Å². The monoisotopic (exact) mass is 300 g/mol. The van der Waals surface area contributed by atoms with Crippen molar-refractivity contribution in [1.29, 1.82) is 0 Å². The van der Waals surface area contributed by atoms with Crippen LogP contribution in [0.15, 0.2) is 40.4 Å². The van der Waals surface area contributed by atoms with E-state index in [0.717, 1.165) is 17.8 Å². The molecule has 0 fully saturated rings. The predicted octanol–water partition coefficient (Wildman–Crippen LogP) is 4.06. The summed E-state index contributed by atoms with van der Waals surface area (Å²) in [5.74, 6) is 1.95. The summed E-state index contributed by atoms with van der Waals surface area (Å²) in [6.07, 6.45) is 2.74. The lowest BCUT2D eigenvalue weighted by atomic mass is 10.2. The highest BCUT2D eigenvalue weighted by Crippen LogP contribution is 2.27. The van der Waals surface area contributed by atoms with Gasteiger partial charge in [0, 0.05) is 16.6 Å². The molecule has 0 bridgehead atoms. The first-order chi connectivity index (χ1) is 10.3. The van der Waals surface area contributed by atoms with E-state index < -0.39 is 0 Å². The second-order valence-corrected chi connectivity index (χ2v) is 5.68. The van der Waals surface area contributed by atoms with Gasteiger partial charge in [-0.15, -0.1) is 11.3 Å². The zero-order chi connectivity index (χ0) is 14.7. The first-order valence-corrected chi connectivity index (χ1v) is 7.71. The summed E-state index contributed by atoms with van der Waals surface area (Å²) >= 11 is 1.75. The van der Waals surface area contributed by atoms with Gasteiger partial charge in [-0.25, -0.2) is 4.98 Å². The molecule has 1 atom stereocenters. The van der Waals surface area contributed by atoms with E-state index in [1.165, 1.54) is 4.88 Å². The fourth-order valence-electron chi connectivity index (χ4n) is 2.10. The maximum absolute atomic E-state index is 5.19. The third-order valence-corrected chi connectivity index (χ3v) is 4.14. The van der Waals surface area contributed by atoms with Gasteiger partial charge in [0.1, 0.15) is 5.82 Å². The Morgan fingerprint density at radius 2 is 2.29 bits per heavy atom. The van der Waals surface area contributed by atoms with E-state index in [0.29, 0.717) is 11.7 Å². The average molecular weight is 300 g/mol. The lowest BCUT2D eigenvalue weighted by Gasteiger charge is -2.16. The largest absolute Gasteiger partial charge is 0.362 e. The van der Waals surface area contributed by atoms with E-state index in [2.05, 4.69) is 44.9 Å². The lowest BCUT2D eigenvalue weighted by Crippen LogP contribution is -2.09. The summed E-state index contributed by atoms with van der Waals surface area (Å²) in [7, 11) is 0. The van der Waals surface area contributed by atoms with E-state index in [9.17, 15) is 0 Å².